The molecule has 8 heteroatoms. The van der Waals surface area contributed by atoms with Gasteiger partial charge in [-0.25, -0.2) is 0 Å². The quantitative estimate of drug-likeness (QED) is 0.773. The summed E-state index contributed by atoms with van der Waals surface area (Å²) in [4.78, 5) is 14.9. The molecule has 152 valence electrons. The molecule has 0 saturated carbocycles. The highest BCUT2D eigenvalue weighted by Gasteiger charge is 2.31. The molecule has 2 atom stereocenters. The van der Waals surface area contributed by atoms with Gasteiger partial charge < -0.3 is 14.8 Å². The van der Waals surface area contributed by atoms with E-state index in [2.05, 4.69) is 10.2 Å². The van der Waals surface area contributed by atoms with Crippen LogP contribution < -0.4 is 10.1 Å². The van der Waals surface area contributed by atoms with E-state index in [1.807, 2.05) is 13.8 Å². The summed E-state index contributed by atoms with van der Waals surface area (Å²) >= 11 is 0. The summed E-state index contributed by atoms with van der Waals surface area (Å²) in [5.74, 6) is -0.237. The van der Waals surface area contributed by atoms with Crippen molar-refractivity contribution in [2.45, 2.75) is 51.9 Å². The van der Waals surface area contributed by atoms with Crippen LogP contribution in [0.15, 0.2) is 18.2 Å². The van der Waals surface area contributed by atoms with E-state index >= 15 is 0 Å². The molecule has 0 radical (unpaired) electrons. The normalized spacial score (nSPS) is 19.6. The monoisotopic (exact) mass is 388 g/mol. The Bertz CT molecular complexity index is 637. The Morgan fingerprint density at radius 1 is 1.41 bits per heavy atom. The molecular formula is C19H27F3N2O3. The Balaban J connectivity index is 2.11. The van der Waals surface area contributed by atoms with E-state index in [1.165, 1.54) is 6.07 Å². The lowest BCUT2D eigenvalue weighted by molar-refractivity contribution is -0.153. The van der Waals surface area contributed by atoms with Crippen molar-refractivity contribution >= 4 is 11.6 Å². The first-order valence-electron chi connectivity index (χ1n) is 9.20. The SMILES string of the molecule is CC[C@@H]1CN([C@@H](CC)C(=O)Nc2ccc(C)cc2OCC(F)(F)F)CCO1. The molecule has 1 saturated heterocycles. The second-order valence-electron chi connectivity index (χ2n) is 6.71. The van der Waals surface area contributed by atoms with Gasteiger partial charge in [0.15, 0.2) is 6.61 Å². The minimum absolute atomic E-state index is 0.0175. The highest BCUT2D eigenvalue weighted by molar-refractivity contribution is 5.96. The predicted octanol–water partition coefficient (Wildman–Crippen LogP) is 3.76. The molecule has 5 nitrogen and oxygen atoms in total. The lowest BCUT2D eigenvalue weighted by Gasteiger charge is -2.37. The van der Waals surface area contributed by atoms with E-state index in [-0.39, 0.29) is 29.5 Å². The van der Waals surface area contributed by atoms with Crippen molar-refractivity contribution in [3.63, 3.8) is 0 Å². The van der Waals surface area contributed by atoms with Gasteiger partial charge in [-0.1, -0.05) is 19.9 Å². The topological polar surface area (TPSA) is 50.8 Å². The maximum absolute atomic E-state index is 12.8. The van der Waals surface area contributed by atoms with E-state index in [4.69, 9.17) is 9.47 Å². The Kier molecular flexibility index (Phi) is 7.49. The molecule has 0 spiro atoms. The molecule has 1 aromatic rings. The summed E-state index contributed by atoms with van der Waals surface area (Å²) in [6, 6.07) is 4.41. The number of nitrogens with one attached hydrogen (secondary N) is 1. The molecule has 1 aliphatic heterocycles. The van der Waals surface area contributed by atoms with Crippen LogP contribution in [0.4, 0.5) is 18.9 Å². The fourth-order valence-electron chi connectivity index (χ4n) is 3.11. The number of amides is 1. The van der Waals surface area contributed by atoms with Crippen molar-refractivity contribution in [2.24, 2.45) is 0 Å². The van der Waals surface area contributed by atoms with E-state index in [9.17, 15) is 18.0 Å². The lowest BCUT2D eigenvalue weighted by Crippen LogP contribution is -2.51. The lowest BCUT2D eigenvalue weighted by atomic mass is 10.1. The zero-order valence-corrected chi connectivity index (χ0v) is 15.9. The molecule has 0 bridgehead atoms. The zero-order valence-electron chi connectivity index (χ0n) is 15.9. The highest BCUT2D eigenvalue weighted by Crippen LogP contribution is 2.28. The first kappa shape index (κ1) is 21.5. The van der Waals surface area contributed by atoms with Gasteiger partial charge in [-0.3, -0.25) is 9.69 Å². The number of rotatable bonds is 7. The number of alkyl halides is 3. The number of benzene rings is 1. The van der Waals surface area contributed by atoms with E-state index in [0.29, 0.717) is 26.1 Å². The molecule has 2 rings (SSSR count). The molecule has 1 fully saturated rings. The maximum atomic E-state index is 12.8. The van der Waals surface area contributed by atoms with E-state index < -0.39 is 12.8 Å². The van der Waals surface area contributed by atoms with Gasteiger partial charge in [-0.05, 0) is 37.5 Å². The number of hydrogen-bond acceptors (Lipinski definition) is 4. The highest BCUT2D eigenvalue weighted by atomic mass is 19.4. The minimum Gasteiger partial charge on any atom is -0.482 e. The van der Waals surface area contributed by atoms with Crippen molar-refractivity contribution in [1.29, 1.82) is 0 Å². The summed E-state index contributed by atoms with van der Waals surface area (Å²) in [5, 5.41) is 2.74. The summed E-state index contributed by atoms with van der Waals surface area (Å²) in [5.41, 5.74) is 0.991. The van der Waals surface area contributed by atoms with Gasteiger partial charge in [0.1, 0.15) is 5.75 Å². The van der Waals surface area contributed by atoms with Crippen LogP contribution in [-0.2, 0) is 9.53 Å². The number of hydrogen-bond donors (Lipinski definition) is 1. The molecule has 1 N–H and O–H groups in total. The van der Waals surface area contributed by atoms with Gasteiger partial charge in [0.25, 0.3) is 0 Å². The standard InChI is InChI=1S/C19H27F3N2O3/c1-4-14-11-24(8-9-26-14)16(5-2)18(25)23-15-7-6-13(3)10-17(15)27-12-19(20,21)22/h6-7,10,14,16H,4-5,8-9,11-12H2,1-3H3,(H,23,25)/t14-,16+/m1/s1. The molecule has 1 aliphatic rings. The van der Waals surface area contributed by atoms with Crippen molar-refractivity contribution in [3.8, 4) is 5.75 Å². The first-order chi connectivity index (χ1) is 12.7. The average Bonchev–Trinajstić information content (AvgIpc) is 2.62. The number of ether oxygens (including phenoxy) is 2. The number of anilines is 1. The fraction of sp³-hybridized carbons (Fsp3) is 0.632. The smallest absolute Gasteiger partial charge is 0.422 e. The Hall–Kier alpha value is -1.80. The molecule has 27 heavy (non-hydrogen) atoms. The third-order valence-electron chi connectivity index (χ3n) is 4.54. The van der Waals surface area contributed by atoms with Gasteiger partial charge >= 0.3 is 6.18 Å². The molecule has 1 aromatic carbocycles. The third-order valence-corrected chi connectivity index (χ3v) is 4.54. The minimum atomic E-state index is -4.44. The van der Waals surface area contributed by atoms with Crippen molar-refractivity contribution in [1.82, 2.24) is 4.90 Å². The van der Waals surface area contributed by atoms with Gasteiger partial charge in [-0.15, -0.1) is 0 Å². The number of morpholine rings is 1. The number of carbonyl (C=O) groups excluding carboxylic acids is 1. The third kappa shape index (κ3) is 6.39. The van der Waals surface area contributed by atoms with Crippen molar-refractivity contribution < 1.29 is 27.4 Å². The van der Waals surface area contributed by atoms with Crippen LogP contribution >= 0.6 is 0 Å². The van der Waals surface area contributed by atoms with Crippen LogP contribution in [0.3, 0.4) is 0 Å². The van der Waals surface area contributed by atoms with Crippen LogP contribution in [0.1, 0.15) is 32.3 Å². The van der Waals surface area contributed by atoms with Crippen molar-refractivity contribution in [2.75, 3.05) is 31.6 Å². The van der Waals surface area contributed by atoms with Crippen LogP contribution in [-0.4, -0.2) is 55.4 Å². The van der Waals surface area contributed by atoms with Crippen LogP contribution in [0.25, 0.3) is 0 Å². The number of halogens is 3. The molecule has 1 heterocycles. The second-order valence-corrected chi connectivity index (χ2v) is 6.71. The molecular weight excluding hydrogens is 361 g/mol. The van der Waals surface area contributed by atoms with Gasteiger partial charge in [0, 0.05) is 13.1 Å². The fourth-order valence-corrected chi connectivity index (χ4v) is 3.11. The summed E-state index contributed by atoms with van der Waals surface area (Å²) in [6.45, 7) is 6.16. The molecule has 0 aliphatic carbocycles. The largest absolute Gasteiger partial charge is 0.482 e. The predicted molar refractivity (Wildman–Crippen MR) is 97.0 cm³/mol. The van der Waals surface area contributed by atoms with Crippen LogP contribution in [0, 0.1) is 6.92 Å². The molecule has 0 aromatic heterocycles. The van der Waals surface area contributed by atoms with Gasteiger partial charge in [0.2, 0.25) is 5.91 Å². The number of nitrogens with zero attached hydrogens (tertiary/aromatic N) is 1. The summed E-state index contributed by atoms with van der Waals surface area (Å²) < 4.78 is 48.1. The van der Waals surface area contributed by atoms with Crippen molar-refractivity contribution in [3.05, 3.63) is 23.8 Å². The van der Waals surface area contributed by atoms with E-state index in [0.717, 1.165) is 12.0 Å². The Labute approximate surface area is 157 Å². The second kappa shape index (κ2) is 9.41. The summed E-state index contributed by atoms with van der Waals surface area (Å²) in [7, 11) is 0. The zero-order chi connectivity index (χ0) is 20.0. The van der Waals surface area contributed by atoms with Crippen LogP contribution in [0.5, 0.6) is 5.75 Å². The van der Waals surface area contributed by atoms with Crippen LogP contribution in [0.2, 0.25) is 0 Å². The first-order valence-corrected chi connectivity index (χ1v) is 9.20. The Morgan fingerprint density at radius 3 is 2.78 bits per heavy atom. The molecule has 0 unspecified atom stereocenters. The summed E-state index contributed by atoms with van der Waals surface area (Å²) in [6.07, 6.45) is -2.90. The number of carbonyl (C=O) groups is 1. The van der Waals surface area contributed by atoms with Gasteiger partial charge in [-0.2, -0.15) is 13.2 Å². The Morgan fingerprint density at radius 2 is 2.15 bits per heavy atom. The maximum Gasteiger partial charge on any atom is 0.422 e. The molecule has 1 amide bonds. The average molecular weight is 388 g/mol. The van der Waals surface area contributed by atoms with Gasteiger partial charge in [0.05, 0.1) is 24.4 Å². The number of aryl methyl sites for hydroxylation is 1. The van der Waals surface area contributed by atoms with E-state index in [1.54, 1.807) is 19.1 Å².